The van der Waals surface area contributed by atoms with Crippen molar-refractivity contribution in [3.05, 3.63) is 46.5 Å². The van der Waals surface area contributed by atoms with Gasteiger partial charge in [-0.05, 0) is 12.1 Å². The maximum Gasteiger partial charge on any atom is 0.269 e. The molecule has 0 radical (unpaired) electrons. The van der Waals surface area contributed by atoms with E-state index in [2.05, 4.69) is 30.0 Å². The van der Waals surface area contributed by atoms with Crippen LogP contribution < -0.4 is 19.5 Å². The number of nitro benzene ring substituents is 1. The standard InChI is InChI=1S/C20H24N4O5Si/c1-27-16-11-15(12-17(28-2)19(16)29-3)23-20(30(4,5)6)18(21-22-23)13-7-9-14(10-8-13)24(25)26/h7-12H,1-6H3. The minimum absolute atomic E-state index is 0.0327. The van der Waals surface area contributed by atoms with E-state index in [0.29, 0.717) is 22.9 Å². The third-order valence-electron chi connectivity index (χ3n) is 4.63. The van der Waals surface area contributed by atoms with Gasteiger partial charge >= 0.3 is 0 Å². The van der Waals surface area contributed by atoms with Gasteiger partial charge in [-0.15, -0.1) is 5.10 Å². The van der Waals surface area contributed by atoms with Crippen molar-refractivity contribution in [1.29, 1.82) is 0 Å². The average Bonchev–Trinajstić information content (AvgIpc) is 3.18. The number of methoxy groups -OCH3 is 3. The molecule has 0 saturated carbocycles. The third kappa shape index (κ3) is 3.86. The van der Waals surface area contributed by atoms with Gasteiger partial charge < -0.3 is 14.2 Å². The van der Waals surface area contributed by atoms with Gasteiger partial charge in [-0.25, -0.2) is 4.68 Å². The normalized spacial score (nSPS) is 11.3. The van der Waals surface area contributed by atoms with Crippen molar-refractivity contribution in [2.24, 2.45) is 0 Å². The van der Waals surface area contributed by atoms with Crippen LogP contribution >= 0.6 is 0 Å². The van der Waals surface area contributed by atoms with Crippen LogP contribution in [-0.2, 0) is 0 Å². The number of aromatic nitrogens is 3. The molecule has 0 aliphatic heterocycles. The summed E-state index contributed by atoms with van der Waals surface area (Å²) in [7, 11) is 2.71. The topological polar surface area (TPSA) is 102 Å². The van der Waals surface area contributed by atoms with Crippen LogP contribution in [-0.4, -0.2) is 49.3 Å². The smallest absolute Gasteiger partial charge is 0.269 e. The molecular weight excluding hydrogens is 404 g/mol. The Balaban J connectivity index is 2.21. The molecule has 3 rings (SSSR count). The van der Waals surface area contributed by atoms with Crippen LogP contribution in [0.4, 0.5) is 5.69 Å². The SMILES string of the molecule is COc1cc(-n2nnc(-c3ccc([N+](=O)[O-])cc3)c2[Si](C)(C)C)cc(OC)c1OC. The van der Waals surface area contributed by atoms with Gasteiger partial charge in [0.1, 0.15) is 13.8 Å². The van der Waals surface area contributed by atoms with Crippen LogP contribution in [0.1, 0.15) is 0 Å². The summed E-state index contributed by atoms with van der Waals surface area (Å²) in [6, 6.07) is 9.98. The van der Waals surface area contributed by atoms with E-state index >= 15 is 0 Å². The van der Waals surface area contributed by atoms with Crippen LogP contribution in [0.5, 0.6) is 17.2 Å². The van der Waals surface area contributed by atoms with Gasteiger partial charge in [0.25, 0.3) is 5.69 Å². The fourth-order valence-electron chi connectivity index (χ4n) is 3.26. The molecule has 0 spiro atoms. The molecule has 0 fully saturated rings. The lowest BCUT2D eigenvalue weighted by molar-refractivity contribution is -0.384. The Morgan fingerprint density at radius 2 is 1.53 bits per heavy atom. The summed E-state index contributed by atoms with van der Waals surface area (Å²) < 4.78 is 18.1. The Morgan fingerprint density at radius 3 is 1.97 bits per heavy atom. The third-order valence-corrected chi connectivity index (χ3v) is 6.50. The minimum Gasteiger partial charge on any atom is -0.493 e. The average molecular weight is 429 g/mol. The van der Waals surface area contributed by atoms with Gasteiger partial charge in [0, 0.05) is 29.8 Å². The first kappa shape index (κ1) is 21.3. The Kier molecular flexibility index (Phi) is 5.79. The zero-order valence-corrected chi connectivity index (χ0v) is 18.8. The van der Waals surface area contributed by atoms with E-state index in [0.717, 1.165) is 16.6 Å². The van der Waals surface area contributed by atoms with Crippen molar-refractivity contribution in [2.75, 3.05) is 21.3 Å². The highest BCUT2D eigenvalue weighted by Gasteiger charge is 2.30. The van der Waals surface area contributed by atoms with Crippen molar-refractivity contribution in [3.63, 3.8) is 0 Å². The minimum atomic E-state index is -1.96. The summed E-state index contributed by atoms with van der Waals surface area (Å²) in [6.07, 6.45) is 0. The first-order chi connectivity index (χ1) is 14.2. The molecule has 0 aliphatic carbocycles. The molecule has 1 aromatic heterocycles. The lowest BCUT2D eigenvalue weighted by atomic mass is 10.1. The summed E-state index contributed by atoms with van der Waals surface area (Å²) >= 11 is 0. The molecular formula is C20H24N4O5Si. The monoisotopic (exact) mass is 428 g/mol. The molecule has 0 amide bonds. The predicted octanol–water partition coefficient (Wildman–Crippen LogP) is 3.41. The summed E-state index contributed by atoms with van der Waals surface area (Å²) in [5.41, 5.74) is 2.24. The molecule has 0 aliphatic rings. The second-order valence-corrected chi connectivity index (χ2v) is 12.6. The van der Waals surface area contributed by atoms with Crippen molar-refractivity contribution >= 4 is 19.1 Å². The molecule has 2 aromatic carbocycles. The van der Waals surface area contributed by atoms with Crippen LogP contribution in [0.25, 0.3) is 16.9 Å². The predicted molar refractivity (Wildman–Crippen MR) is 116 cm³/mol. The second kappa shape index (κ2) is 8.15. The van der Waals surface area contributed by atoms with Gasteiger partial charge in [0.2, 0.25) is 5.75 Å². The number of hydrogen-bond acceptors (Lipinski definition) is 7. The van der Waals surface area contributed by atoms with Crippen molar-refractivity contribution in [1.82, 2.24) is 15.0 Å². The maximum atomic E-state index is 11.0. The molecule has 30 heavy (non-hydrogen) atoms. The second-order valence-electron chi connectivity index (χ2n) is 7.64. The van der Waals surface area contributed by atoms with E-state index in [4.69, 9.17) is 14.2 Å². The van der Waals surface area contributed by atoms with Crippen LogP contribution in [0.3, 0.4) is 0 Å². The molecule has 3 aromatic rings. The maximum absolute atomic E-state index is 11.0. The van der Waals surface area contributed by atoms with Crippen LogP contribution in [0.15, 0.2) is 36.4 Å². The summed E-state index contributed by atoms with van der Waals surface area (Å²) in [4.78, 5) is 10.6. The summed E-state index contributed by atoms with van der Waals surface area (Å²) in [5.74, 6) is 1.52. The summed E-state index contributed by atoms with van der Waals surface area (Å²) in [5, 5.41) is 20.8. The number of nitrogens with zero attached hydrogens (tertiary/aromatic N) is 4. The molecule has 0 bridgehead atoms. The molecule has 9 nitrogen and oxygen atoms in total. The van der Waals surface area contributed by atoms with E-state index in [-0.39, 0.29) is 5.69 Å². The number of benzene rings is 2. The van der Waals surface area contributed by atoms with Gasteiger partial charge in [-0.3, -0.25) is 10.1 Å². The fourth-order valence-corrected chi connectivity index (χ4v) is 4.97. The van der Waals surface area contributed by atoms with Crippen molar-refractivity contribution in [2.45, 2.75) is 19.6 Å². The summed E-state index contributed by atoms with van der Waals surface area (Å²) in [6.45, 7) is 6.57. The lowest BCUT2D eigenvalue weighted by Crippen LogP contribution is -2.43. The van der Waals surface area contributed by atoms with E-state index in [1.165, 1.54) is 12.1 Å². The molecule has 0 unspecified atom stereocenters. The molecule has 0 atom stereocenters. The Hall–Kier alpha value is -3.40. The van der Waals surface area contributed by atoms with E-state index in [9.17, 15) is 10.1 Å². The number of ether oxygens (including phenoxy) is 3. The lowest BCUT2D eigenvalue weighted by Gasteiger charge is -2.21. The highest BCUT2D eigenvalue weighted by atomic mass is 28.3. The highest BCUT2D eigenvalue weighted by Crippen LogP contribution is 2.39. The largest absolute Gasteiger partial charge is 0.493 e. The molecule has 1 heterocycles. The number of nitro groups is 1. The number of hydrogen-bond donors (Lipinski definition) is 0. The van der Waals surface area contributed by atoms with Crippen LogP contribution in [0.2, 0.25) is 19.6 Å². The van der Waals surface area contributed by atoms with Crippen molar-refractivity contribution in [3.8, 4) is 34.2 Å². The van der Waals surface area contributed by atoms with Gasteiger partial charge in [-0.1, -0.05) is 24.9 Å². The first-order valence-electron chi connectivity index (χ1n) is 9.22. The number of rotatable bonds is 7. The molecule has 10 heteroatoms. The zero-order valence-electron chi connectivity index (χ0n) is 17.8. The Morgan fingerprint density at radius 1 is 0.967 bits per heavy atom. The van der Waals surface area contributed by atoms with E-state index < -0.39 is 13.0 Å². The van der Waals surface area contributed by atoms with E-state index in [1.54, 1.807) is 38.1 Å². The van der Waals surface area contributed by atoms with Crippen molar-refractivity contribution < 1.29 is 19.1 Å². The first-order valence-corrected chi connectivity index (χ1v) is 12.7. The number of non-ortho nitro benzene ring substituents is 1. The molecule has 0 N–H and O–H groups in total. The Bertz CT molecular complexity index is 1050. The fraction of sp³-hybridized carbons (Fsp3) is 0.300. The molecule has 158 valence electrons. The Labute approximate surface area is 175 Å². The van der Waals surface area contributed by atoms with Gasteiger partial charge in [-0.2, -0.15) is 0 Å². The van der Waals surface area contributed by atoms with Gasteiger partial charge in [0.15, 0.2) is 11.5 Å². The van der Waals surface area contributed by atoms with Gasteiger partial charge in [0.05, 0.1) is 37.3 Å². The van der Waals surface area contributed by atoms with Crippen LogP contribution in [0, 0.1) is 10.1 Å². The zero-order chi connectivity index (χ0) is 22.1. The molecule has 0 saturated heterocycles. The van der Waals surface area contributed by atoms with E-state index in [1.807, 2.05) is 12.1 Å². The quantitative estimate of drug-likeness (QED) is 0.323. The highest BCUT2D eigenvalue weighted by molar-refractivity contribution is 6.89.